The largest absolute Gasteiger partial charge is 0.455 e. The van der Waals surface area contributed by atoms with Crippen molar-refractivity contribution in [1.82, 2.24) is 0 Å². The molecule has 0 radical (unpaired) electrons. The average molecular weight is 839 g/mol. The van der Waals surface area contributed by atoms with Gasteiger partial charge in [0.15, 0.2) is 24.8 Å². The lowest BCUT2D eigenvalue weighted by Gasteiger charge is -2.65. The van der Waals surface area contributed by atoms with E-state index < -0.39 is 96.1 Å². The van der Waals surface area contributed by atoms with E-state index in [-0.39, 0.29) is 58.7 Å². The lowest BCUT2D eigenvalue weighted by molar-refractivity contribution is -0.327. The fourth-order valence-corrected chi connectivity index (χ4v) is 15.2. The number of fused-ring (bicyclic) bond motifs is 2. The summed E-state index contributed by atoms with van der Waals surface area (Å²) in [4.78, 5) is 24.4. The first-order valence-electron chi connectivity index (χ1n) is 22.0. The van der Waals surface area contributed by atoms with Crippen LogP contribution in [0.1, 0.15) is 120 Å². The van der Waals surface area contributed by atoms with Crippen LogP contribution in [0, 0.1) is 44.8 Å². The van der Waals surface area contributed by atoms with Crippen molar-refractivity contribution < 1.29 is 73.4 Å². The van der Waals surface area contributed by atoms with Gasteiger partial charge in [-0.2, -0.15) is 0 Å². The molecule has 1 unspecified atom stereocenters. The van der Waals surface area contributed by atoms with Crippen LogP contribution in [-0.2, 0) is 42.7 Å². The minimum atomic E-state index is -1.49. The lowest BCUT2D eigenvalue weighted by atomic mass is 9.41. The van der Waals surface area contributed by atoms with Crippen LogP contribution >= 0.6 is 0 Å². The maximum Gasteiger partial charge on any atom is 0.303 e. The Kier molecular flexibility index (Phi) is 10.9. The number of rotatable bonds is 8. The Morgan fingerprint density at radius 2 is 1.34 bits per heavy atom. The molecule has 336 valence electrons. The van der Waals surface area contributed by atoms with Crippen LogP contribution in [0.15, 0.2) is 0 Å². The molecule has 6 N–H and O–H groups in total. The van der Waals surface area contributed by atoms with Gasteiger partial charge in [-0.1, -0.05) is 27.7 Å². The van der Waals surface area contributed by atoms with E-state index in [1.807, 2.05) is 0 Å². The van der Waals surface area contributed by atoms with E-state index in [1.54, 1.807) is 13.8 Å². The van der Waals surface area contributed by atoms with Crippen molar-refractivity contribution in [2.45, 2.75) is 205 Å². The number of aliphatic hydroxyl groups excluding tert-OH is 5. The standard InChI is InChI=1S/C44H70O15/c1-21(45)55-32-25(49)19-54-37(33(32)56-22(2)46)58-28-11-13-44-20-43(44)15-14-40(7)34(42(9)12-10-29(59-42)39(5,6)52)23(47)17-41(40,8)27(43)16-26(35(44)38(28,3)4)57-36-31(51)30(50)24(48)18-53-36/h23-37,47-52H,10-20H2,1-9H3/t23-,24+,25+,26-,27-,28-,29+,30-,31+,32-,33+,34-,35?,36-,37-,40+,41-,42-,43-,44+/m0/s1. The van der Waals surface area contributed by atoms with Crippen LogP contribution in [0.5, 0.6) is 0 Å². The van der Waals surface area contributed by atoms with E-state index in [9.17, 15) is 40.2 Å². The number of ether oxygens (including phenoxy) is 7. The van der Waals surface area contributed by atoms with Gasteiger partial charge in [0.25, 0.3) is 0 Å². The van der Waals surface area contributed by atoms with Gasteiger partial charge in [-0.3, -0.25) is 9.59 Å². The van der Waals surface area contributed by atoms with E-state index >= 15 is 0 Å². The maximum atomic E-state index is 12.3. The van der Waals surface area contributed by atoms with Crippen LogP contribution < -0.4 is 0 Å². The third-order valence-electron chi connectivity index (χ3n) is 17.8. The third kappa shape index (κ3) is 6.60. The molecule has 0 aromatic rings. The molecule has 0 bridgehead atoms. The predicted molar refractivity (Wildman–Crippen MR) is 207 cm³/mol. The zero-order chi connectivity index (χ0) is 43.0. The lowest BCUT2D eigenvalue weighted by Crippen LogP contribution is -2.65. The Morgan fingerprint density at radius 3 is 1.98 bits per heavy atom. The molecular weight excluding hydrogens is 768 g/mol. The molecule has 15 heteroatoms. The molecule has 20 atom stereocenters. The summed E-state index contributed by atoms with van der Waals surface area (Å²) in [6.07, 6.45) is -5.24. The van der Waals surface area contributed by atoms with Gasteiger partial charge in [0, 0.05) is 19.8 Å². The SMILES string of the molecule is CC(=O)O[C@@H]1[C@@H](OC(C)=O)[C@H](O[C@H]2CC[C@]34C[C@]35CC[C@]3(C)[C@@H]([C@]6(C)CC[C@H](C(C)(C)O)O6)[C@@H](O)C[C@@]3(C)[C@@H]5C[C@H](O[C@@H]3OC[C@@H](O)[C@H](O)[C@H]3O)C4C2(C)C)OC[C@H]1O. The van der Waals surface area contributed by atoms with Gasteiger partial charge in [0.1, 0.15) is 24.4 Å². The van der Waals surface area contributed by atoms with Crippen molar-refractivity contribution in [3.05, 3.63) is 0 Å². The summed E-state index contributed by atoms with van der Waals surface area (Å²) in [7, 11) is 0. The maximum absolute atomic E-state index is 12.3. The Hall–Kier alpha value is -1.50. The fourth-order valence-electron chi connectivity index (χ4n) is 15.2. The summed E-state index contributed by atoms with van der Waals surface area (Å²) >= 11 is 0. The Labute approximate surface area is 347 Å². The number of carbonyl (C=O) groups excluding carboxylic acids is 2. The smallest absolute Gasteiger partial charge is 0.303 e. The van der Waals surface area contributed by atoms with E-state index in [0.717, 1.165) is 32.1 Å². The molecule has 0 aromatic heterocycles. The summed E-state index contributed by atoms with van der Waals surface area (Å²) < 4.78 is 43.5. The summed E-state index contributed by atoms with van der Waals surface area (Å²) in [5.41, 5.74) is -3.16. The van der Waals surface area contributed by atoms with Crippen LogP contribution in [0.25, 0.3) is 0 Å². The molecule has 3 saturated heterocycles. The Balaban J connectivity index is 1.13. The molecule has 8 rings (SSSR count). The first-order valence-corrected chi connectivity index (χ1v) is 22.0. The average Bonchev–Trinajstić information content (AvgIpc) is 3.49. The van der Waals surface area contributed by atoms with Gasteiger partial charge >= 0.3 is 11.9 Å². The molecule has 0 amide bonds. The normalized spacial score (nSPS) is 54.0. The highest BCUT2D eigenvalue weighted by atomic mass is 16.7. The van der Waals surface area contributed by atoms with Crippen LogP contribution in [-0.4, -0.2) is 141 Å². The number of hydrogen-bond acceptors (Lipinski definition) is 15. The number of esters is 2. The van der Waals surface area contributed by atoms with E-state index in [0.29, 0.717) is 25.7 Å². The van der Waals surface area contributed by atoms with E-state index in [1.165, 1.54) is 13.8 Å². The highest BCUT2D eigenvalue weighted by Crippen LogP contribution is 2.89. The highest BCUT2D eigenvalue weighted by molar-refractivity contribution is 5.67. The van der Waals surface area contributed by atoms with E-state index in [2.05, 4.69) is 34.6 Å². The minimum absolute atomic E-state index is 0.0659. The number of hydrogen-bond donors (Lipinski definition) is 6. The van der Waals surface area contributed by atoms with E-state index in [4.69, 9.17) is 33.2 Å². The molecule has 5 saturated carbocycles. The van der Waals surface area contributed by atoms with Crippen molar-refractivity contribution in [3.8, 4) is 0 Å². The monoisotopic (exact) mass is 838 g/mol. The second-order valence-electron chi connectivity index (χ2n) is 21.8. The molecule has 15 nitrogen and oxygen atoms in total. The van der Waals surface area contributed by atoms with Crippen molar-refractivity contribution in [1.29, 1.82) is 0 Å². The van der Waals surface area contributed by atoms with Gasteiger partial charge in [-0.25, -0.2) is 0 Å². The second kappa shape index (κ2) is 14.5. The van der Waals surface area contributed by atoms with Crippen LogP contribution in [0.3, 0.4) is 0 Å². The van der Waals surface area contributed by atoms with Crippen LogP contribution in [0.2, 0.25) is 0 Å². The zero-order valence-corrected chi connectivity index (χ0v) is 36.3. The molecular formula is C44H70O15. The topological polar surface area (TPSA) is 220 Å². The molecule has 2 spiro atoms. The zero-order valence-electron chi connectivity index (χ0n) is 36.3. The van der Waals surface area contributed by atoms with Crippen molar-refractivity contribution in [2.24, 2.45) is 44.8 Å². The fraction of sp³-hybridized carbons (Fsp3) is 0.955. The molecule has 5 aliphatic carbocycles. The van der Waals surface area contributed by atoms with Gasteiger partial charge in [0.2, 0.25) is 0 Å². The van der Waals surface area contributed by atoms with Crippen molar-refractivity contribution in [2.75, 3.05) is 13.2 Å². The first kappa shape index (κ1) is 44.1. The Morgan fingerprint density at radius 1 is 0.695 bits per heavy atom. The highest BCUT2D eigenvalue weighted by Gasteiger charge is 2.85. The van der Waals surface area contributed by atoms with Gasteiger partial charge in [-0.05, 0) is 117 Å². The summed E-state index contributed by atoms with van der Waals surface area (Å²) in [5, 5.41) is 66.3. The summed E-state index contributed by atoms with van der Waals surface area (Å²) in [6.45, 7) is 16.7. The van der Waals surface area contributed by atoms with Crippen molar-refractivity contribution >= 4 is 11.9 Å². The number of aliphatic hydroxyl groups is 6. The molecule has 59 heavy (non-hydrogen) atoms. The molecule has 3 aliphatic heterocycles. The second-order valence-corrected chi connectivity index (χ2v) is 21.8. The molecule has 3 heterocycles. The minimum Gasteiger partial charge on any atom is -0.455 e. The number of carbonyl (C=O) groups is 2. The summed E-state index contributed by atoms with van der Waals surface area (Å²) in [6, 6.07) is 0. The summed E-state index contributed by atoms with van der Waals surface area (Å²) in [5.74, 6) is -1.47. The quantitative estimate of drug-likeness (QED) is 0.153. The van der Waals surface area contributed by atoms with Crippen LogP contribution in [0.4, 0.5) is 0 Å². The third-order valence-corrected chi connectivity index (χ3v) is 17.8. The predicted octanol–water partition coefficient (Wildman–Crippen LogP) is 2.50. The molecule has 8 aliphatic rings. The van der Waals surface area contributed by atoms with Gasteiger partial charge < -0.3 is 63.8 Å². The Bertz CT molecular complexity index is 1630. The van der Waals surface area contributed by atoms with Gasteiger partial charge in [-0.15, -0.1) is 0 Å². The molecule has 8 fully saturated rings. The molecule has 0 aromatic carbocycles. The van der Waals surface area contributed by atoms with Crippen molar-refractivity contribution in [3.63, 3.8) is 0 Å². The first-order chi connectivity index (χ1) is 27.3. The van der Waals surface area contributed by atoms with Gasteiger partial charge in [0.05, 0.1) is 48.8 Å².